The van der Waals surface area contributed by atoms with Gasteiger partial charge in [0.15, 0.2) is 0 Å². The SMILES string of the molecule is C=C(C)C(=O)OC(CCCCCC)COc1ccc(OCCCCCC)c2ccccc12. The summed E-state index contributed by atoms with van der Waals surface area (Å²) in [5.74, 6) is 1.31. The normalized spacial score (nSPS) is 11.8. The first kappa shape index (κ1) is 25.8. The number of esters is 1. The smallest absolute Gasteiger partial charge is 0.333 e. The predicted molar refractivity (Wildman–Crippen MR) is 133 cm³/mol. The van der Waals surface area contributed by atoms with Crippen molar-refractivity contribution in [2.75, 3.05) is 13.2 Å². The lowest BCUT2D eigenvalue weighted by Crippen LogP contribution is -2.25. The number of carbonyl (C=O) groups excluding carboxylic acids is 1. The molecule has 0 heterocycles. The van der Waals surface area contributed by atoms with Gasteiger partial charge in [0, 0.05) is 16.3 Å². The van der Waals surface area contributed by atoms with Crippen LogP contribution < -0.4 is 9.47 Å². The van der Waals surface area contributed by atoms with Gasteiger partial charge in [-0.15, -0.1) is 0 Å². The number of rotatable bonds is 16. The Hall–Kier alpha value is -2.49. The lowest BCUT2D eigenvalue weighted by molar-refractivity contribution is -0.146. The number of benzene rings is 2. The van der Waals surface area contributed by atoms with Crippen LogP contribution in [-0.2, 0) is 9.53 Å². The van der Waals surface area contributed by atoms with Crippen molar-refractivity contribution in [1.29, 1.82) is 0 Å². The monoisotopic (exact) mass is 440 g/mol. The molecule has 0 aliphatic carbocycles. The third-order valence-corrected chi connectivity index (χ3v) is 5.53. The number of fused-ring (bicyclic) bond motifs is 1. The average Bonchev–Trinajstić information content (AvgIpc) is 2.80. The van der Waals surface area contributed by atoms with Crippen LogP contribution in [0.25, 0.3) is 10.8 Å². The molecule has 176 valence electrons. The van der Waals surface area contributed by atoms with Gasteiger partial charge in [0.05, 0.1) is 6.61 Å². The maximum absolute atomic E-state index is 12.1. The maximum Gasteiger partial charge on any atom is 0.333 e. The van der Waals surface area contributed by atoms with Crippen LogP contribution in [0, 0.1) is 0 Å². The lowest BCUT2D eigenvalue weighted by atomic mass is 10.1. The first-order valence-electron chi connectivity index (χ1n) is 12.2. The largest absolute Gasteiger partial charge is 0.493 e. The van der Waals surface area contributed by atoms with Crippen molar-refractivity contribution in [1.82, 2.24) is 0 Å². The summed E-state index contributed by atoms with van der Waals surface area (Å²) >= 11 is 0. The van der Waals surface area contributed by atoms with Crippen LogP contribution in [0.4, 0.5) is 0 Å². The van der Waals surface area contributed by atoms with Gasteiger partial charge in [-0.1, -0.05) is 83.2 Å². The summed E-state index contributed by atoms with van der Waals surface area (Å²) in [7, 11) is 0. The van der Waals surface area contributed by atoms with Crippen LogP contribution in [0.3, 0.4) is 0 Å². The molecule has 0 N–H and O–H groups in total. The van der Waals surface area contributed by atoms with Crippen molar-refractivity contribution >= 4 is 16.7 Å². The zero-order valence-corrected chi connectivity index (χ0v) is 20.2. The Morgan fingerprint density at radius 1 is 0.844 bits per heavy atom. The van der Waals surface area contributed by atoms with Crippen LogP contribution in [0.15, 0.2) is 48.6 Å². The van der Waals surface area contributed by atoms with Gasteiger partial charge in [0.1, 0.15) is 24.2 Å². The van der Waals surface area contributed by atoms with E-state index in [1.54, 1.807) is 6.92 Å². The number of carbonyl (C=O) groups is 1. The molecule has 4 heteroatoms. The standard InChI is InChI=1S/C28H40O4/c1-5-7-9-11-15-23(32-28(29)22(3)4)21-31-27-19-18-26(30-20-14-10-8-6-2)24-16-12-13-17-25(24)27/h12-13,16-19,23H,3,5-11,14-15,20-21H2,1-2,4H3. The van der Waals surface area contributed by atoms with E-state index in [9.17, 15) is 4.79 Å². The summed E-state index contributed by atoms with van der Waals surface area (Å²) in [4.78, 5) is 12.1. The molecule has 4 nitrogen and oxygen atoms in total. The van der Waals surface area contributed by atoms with Crippen LogP contribution in [0.2, 0.25) is 0 Å². The van der Waals surface area contributed by atoms with Gasteiger partial charge in [-0.3, -0.25) is 0 Å². The van der Waals surface area contributed by atoms with E-state index in [4.69, 9.17) is 14.2 Å². The second-order valence-electron chi connectivity index (χ2n) is 8.48. The summed E-state index contributed by atoms with van der Waals surface area (Å²) in [6.45, 7) is 10.8. The fourth-order valence-corrected chi connectivity index (χ4v) is 3.62. The van der Waals surface area contributed by atoms with Crippen LogP contribution in [0.5, 0.6) is 11.5 Å². The van der Waals surface area contributed by atoms with E-state index < -0.39 is 0 Å². The summed E-state index contributed by atoms with van der Waals surface area (Å²) < 4.78 is 17.9. The first-order chi connectivity index (χ1) is 15.6. The molecular formula is C28H40O4. The molecule has 0 aliphatic heterocycles. The van der Waals surface area contributed by atoms with Gasteiger partial charge in [-0.2, -0.15) is 0 Å². The molecule has 2 aromatic rings. The molecule has 0 aliphatic rings. The number of hydrogen-bond donors (Lipinski definition) is 0. The van der Waals surface area contributed by atoms with E-state index in [0.717, 1.165) is 54.6 Å². The molecule has 2 aromatic carbocycles. The van der Waals surface area contributed by atoms with E-state index in [0.29, 0.717) is 12.2 Å². The molecule has 0 aromatic heterocycles. The van der Waals surface area contributed by atoms with Crippen molar-refractivity contribution in [3.63, 3.8) is 0 Å². The second-order valence-corrected chi connectivity index (χ2v) is 8.48. The van der Waals surface area contributed by atoms with E-state index >= 15 is 0 Å². The first-order valence-corrected chi connectivity index (χ1v) is 12.2. The fraction of sp³-hybridized carbons (Fsp3) is 0.536. The Morgan fingerprint density at radius 2 is 1.44 bits per heavy atom. The highest BCUT2D eigenvalue weighted by atomic mass is 16.6. The van der Waals surface area contributed by atoms with Gasteiger partial charge in [0.2, 0.25) is 0 Å². The molecule has 1 unspecified atom stereocenters. The van der Waals surface area contributed by atoms with Gasteiger partial charge in [-0.05, 0) is 38.3 Å². The highest BCUT2D eigenvalue weighted by Gasteiger charge is 2.17. The third kappa shape index (κ3) is 8.57. The van der Waals surface area contributed by atoms with Crippen molar-refractivity contribution in [2.24, 2.45) is 0 Å². The number of ether oxygens (including phenoxy) is 3. The Balaban J connectivity index is 2.06. The Kier molecular flexibility index (Phi) is 11.7. The van der Waals surface area contributed by atoms with Crippen LogP contribution >= 0.6 is 0 Å². The van der Waals surface area contributed by atoms with Gasteiger partial charge >= 0.3 is 5.97 Å². The highest BCUT2D eigenvalue weighted by Crippen LogP contribution is 2.33. The van der Waals surface area contributed by atoms with Crippen LogP contribution in [0.1, 0.15) is 78.6 Å². The van der Waals surface area contributed by atoms with Crippen molar-refractivity contribution < 1.29 is 19.0 Å². The summed E-state index contributed by atoms with van der Waals surface area (Å²) in [6.07, 6.45) is 9.72. The zero-order valence-electron chi connectivity index (χ0n) is 20.2. The molecule has 0 saturated carbocycles. The highest BCUT2D eigenvalue weighted by molar-refractivity contribution is 5.93. The molecule has 0 amide bonds. The minimum atomic E-state index is -0.356. The number of unbranched alkanes of at least 4 members (excludes halogenated alkanes) is 6. The lowest BCUT2D eigenvalue weighted by Gasteiger charge is -2.20. The van der Waals surface area contributed by atoms with E-state index in [1.165, 1.54) is 32.1 Å². The fourth-order valence-electron chi connectivity index (χ4n) is 3.62. The quantitative estimate of drug-likeness (QED) is 0.153. The summed E-state index contributed by atoms with van der Waals surface area (Å²) in [5.41, 5.74) is 0.412. The van der Waals surface area contributed by atoms with E-state index in [1.807, 2.05) is 30.3 Å². The Labute approximate surface area is 193 Å². The molecule has 32 heavy (non-hydrogen) atoms. The maximum atomic E-state index is 12.1. The Morgan fingerprint density at radius 3 is 2.03 bits per heavy atom. The minimum Gasteiger partial charge on any atom is -0.493 e. The minimum absolute atomic E-state index is 0.288. The molecule has 1 atom stereocenters. The van der Waals surface area contributed by atoms with Crippen molar-refractivity contribution in [3.8, 4) is 11.5 Å². The van der Waals surface area contributed by atoms with Gasteiger partial charge in [0.25, 0.3) is 0 Å². The third-order valence-electron chi connectivity index (χ3n) is 5.53. The molecule has 0 spiro atoms. The summed E-state index contributed by atoms with van der Waals surface area (Å²) in [6, 6.07) is 12.1. The molecule has 0 radical (unpaired) electrons. The average molecular weight is 441 g/mol. The van der Waals surface area contributed by atoms with Gasteiger partial charge in [-0.25, -0.2) is 4.79 Å². The van der Waals surface area contributed by atoms with Crippen molar-refractivity contribution in [3.05, 3.63) is 48.6 Å². The van der Waals surface area contributed by atoms with E-state index in [2.05, 4.69) is 26.5 Å². The predicted octanol–water partition coefficient (Wildman–Crippen LogP) is 7.64. The Bertz CT molecular complexity index is 842. The second kappa shape index (κ2) is 14.5. The van der Waals surface area contributed by atoms with Gasteiger partial charge < -0.3 is 14.2 Å². The molecule has 2 rings (SSSR count). The topological polar surface area (TPSA) is 44.8 Å². The van der Waals surface area contributed by atoms with E-state index in [-0.39, 0.29) is 12.1 Å². The zero-order chi connectivity index (χ0) is 23.2. The van der Waals surface area contributed by atoms with Crippen LogP contribution in [-0.4, -0.2) is 25.3 Å². The summed E-state index contributed by atoms with van der Waals surface area (Å²) in [5, 5.41) is 2.05. The number of hydrogen-bond acceptors (Lipinski definition) is 4. The molecular weight excluding hydrogens is 400 g/mol. The molecule has 0 fully saturated rings. The molecule has 0 saturated heterocycles. The molecule has 0 bridgehead atoms. The van der Waals surface area contributed by atoms with Crippen molar-refractivity contribution in [2.45, 2.75) is 84.7 Å².